The average Bonchev–Trinajstić information content (AvgIpc) is 2.89. The molecule has 1 amide bonds. The highest BCUT2D eigenvalue weighted by molar-refractivity contribution is 7.09. The van der Waals surface area contributed by atoms with E-state index in [-0.39, 0.29) is 11.8 Å². The van der Waals surface area contributed by atoms with E-state index in [9.17, 15) is 4.79 Å². The molecule has 1 N–H and O–H groups in total. The summed E-state index contributed by atoms with van der Waals surface area (Å²) in [5.41, 5.74) is 0.515. The van der Waals surface area contributed by atoms with Crippen LogP contribution in [-0.2, 0) is 0 Å². The Labute approximate surface area is 114 Å². The first kappa shape index (κ1) is 13.0. The molecule has 0 aliphatic carbocycles. The lowest BCUT2D eigenvalue weighted by molar-refractivity contribution is 0.0951. The van der Waals surface area contributed by atoms with Gasteiger partial charge in [-0.1, -0.05) is 18.5 Å². The minimum Gasteiger partial charge on any atom is -0.351 e. The van der Waals surface area contributed by atoms with E-state index in [0.29, 0.717) is 17.3 Å². The van der Waals surface area contributed by atoms with Crippen LogP contribution in [0.25, 0.3) is 0 Å². The summed E-state index contributed by atoms with van der Waals surface area (Å²) in [6, 6.07) is 3.18. The monoisotopic (exact) mass is 281 g/mol. The number of carbonyl (C=O) groups is 1. The lowest BCUT2D eigenvalue weighted by Crippen LogP contribution is -2.27. The highest BCUT2D eigenvalue weighted by Crippen LogP contribution is 2.16. The minimum absolute atomic E-state index is 0.150. The average molecular weight is 282 g/mol. The summed E-state index contributed by atoms with van der Waals surface area (Å²) in [7, 11) is 0. The third-order valence-electron chi connectivity index (χ3n) is 2.43. The Morgan fingerprint density at radius 1 is 1.50 bits per heavy atom. The molecule has 0 radical (unpaired) electrons. The second kappa shape index (κ2) is 5.93. The summed E-state index contributed by atoms with van der Waals surface area (Å²) in [4.78, 5) is 19.9. The first-order chi connectivity index (χ1) is 8.66. The summed E-state index contributed by atoms with van der Waals surface area (Å²) < 4.78 is 0. The largest absolute Gasteiger partial charge is 0.351 e. The van der Waals surface area contributed by atoms with E-state index in [2.05, 4.69) is 15.3 Å². The first-order valence-corrected chi connectivity index (χ1v) is 6.71. The van der Waals surface area contributed by atoms with Crippen molar-refractivity contribution in [3.8, 4) is 0 Å². The van der Waals surface area contributed by atoms with E-state index in [1.165, 1.54) is 6.20 Å². The molecule has 6 heteroatoms. The van der Waals surface area contributed by atoms with E-state index in [4.69, 9.17) is 11.6 Å². The molecule has 18 heavy (non-hydrogen) atoms. The van der Waals surface area contributed by atoms with Crippen molar-refractivity contribution < 1.29 is 4.79 Å². The van der Waals surface area contributed by atoms with Crippen molar-refractivity contribution in [3.63, 3.8) is 0 Å². The van der Waals surface area contributed by atoms with Gasteiger partial charge >= 0.3 is 0 Å². The number of carbonyl (C=O) groups excluding carboxylic acids is 1. The van der Waals surface area contributed by atoms with Crippen LogP contribution in [0.4, 0.5) is 0 Å². The second-order valence-electron chi connectivity index (χ2n) is 3.85. The third kappa shape index (κ3) is 3.27. The highest BCUT2D eigenvalue weighted by Gasteiger charge is 2.11. The quantitative estimate of drug-likeness (QED) is 0.877. The topological polar surface area (TPSA) is 54.9 Å². The van der Waals surface area contributed by atoms with Gasteiger partial charge in [-0.3, -0.25) is 4.79 Å². The van der Waals surface area contributed by atoms with Gasteiger partial charge < -0.3 is 5.32 Å². The van der Waals surface area contributed by atoms with Crippen molar-refractivity contribution in [3.05, 3.63) is 45.6 Å². The molecule has 0 saturated carbocycles. The fourth-order valence-corrected chi connectivity index (χ4v) is 2.33. The Bertz CT molecular complexity index is 530. The van der Waals surface area contributed by atoms with Crippen molar-refractivity contribution in [1.29, 1.82) is 0 Å². The van der Waals surface area contributed by atoms with Gasteiger partial charge in [0.05, 0.1) is 5.01 Å². The number of nitrogens with one attached hydrogen (secondary N) is 1. The summed E-state index contributed by atoms with van der Waals surface area (Å²) in [6.45, 7) is 2.57. The molecule has 0 spiro atoms. The van der Waals surface area contributed by atoms with Crippen molar-refractivity contribution in [2.45, 2.75) is 12.8 Å². The molecule has 0 saturated heterocycles. The molecule has 0 aromatic carbocycles. The molecule has 0 bridgehead atoms. The molecule has 1 unspecified atom stereocenters. The number of hydrogen-bond acceptors (Lipinski definition) is 4. The van der Waals surface area contributed by atoms with Gasteiger partial charge in [-0.2, -0.15) is 0 Å². The lowest BCUT2D eigenvalue weighted by atomic mass is 10.2. The molecule has 2 heterocycles. The SMILES string of the molecule is CC(CNC(=O)c1ccnc(Cl)c1)c1nccs1. The van der Waals surface area contributed by atoms with Crippen molar-refractivity contribution in [2.75, 3.05) is 6.54 Å². The van der Waals surface area contributed by atoms with E-state index in [1.54, 1.807) is 29.7 Å². The highest BCUT2D eigenvalue weighted by atomic mass is 35.5. The normalized spacial score (nSPS) is 12.1. The molecule has 94 valence electrons. The van der Waals surface area contributed by atoms with Gasteiger partial charge in [0.2, 0.25) is 0 Å². The number of thiazole rings is 1. The third-order valence-corrected chi connectivity index (χ3v) is 3.64. The number of hydrogen-bond donors (Lipinski definition) is 1. The lowest BCUT2D eigenvalue weighted by Gasteiger charge is -2.10. The molecule has 2 aromatic heterocycles. The first-order valence-electron chi connectivity index (χ1n) is 5.46. The Balaban J connectivity index is 1.92. The van der Waals surface area contributed by atoms with E-state index in [1.807, 2.05) is 12.3 Å². The van der Waals surface area contributed by atoms with Crippen molar-refractivity contribution in [2.24, 2.45) is 0 Å². The van der Waals surface area contributed by atoms with E-state index >= 15 is 0 Å². The van der Waals surface area contributed by atoms with Gasteiger partial charge in [0, 0.05) is 35.8 Å². The maximum Gasteiger partial charge on any atom is 0.251 e. The minimum atomic E-state index is -0.150. The number of halogens is 1. The van der Waals surface area contributed by atoms with Crippen molar-refractivity contribution in [1.82, 2.24) is 15.3 Å². The zero-order valence-electron chi connectivity index (χ0n) is 9.76. The van der Waals surface area contributed by atoms with Crippen molar-refractivity contribution >= 4 is 28.8 Å². The van der Waals surface area contributed by atoms with Gasteiger partial charge in [0.25, 0.3) is 5.91 Å². The molecule has 4 nitrogen and oxygen atoms in total. The molecular weight excluding hydrogens is 270 g/mol. The molecule has 2 aromatic rings. The van der Waals surface area contributed by atoms with Gasteiger partial charge in [-0.25, -0.2) is 9.97 Å². The van der Waals surface area contributed by atoms with Gasteiger partial charge in [0.1, 0.15) is 5.15 Å². The van der Waals surface area contributed by atoms with E-state index in [0.717, 1.165) is 5.01 Å². The van der Waals surface area contributed by atoms with Crippen LogP contribution in [-0.4, -0.2) is 22.4 Å². The van der Waals surface area contributed by atoms with Gasteiger partial charge in [-0.15, -0.1) is 11.3 Å². The Morgan fingerprint density at radius 3 is 3.00 bits per heavy atom. The standard InChI is InChI=1S/C12H12ClN3OS/c1-8(12-15-4-5-18-12)7-16-11(17)9-2-3-14-10(13)6-9/h2-6,8H,7H2,1H3,(H,16,17). The second-order valence-corrected chi connectivity index (χ2v) is 5.16. The number of pyridine rings is 1. The van der Waals surface area contributed by atoms with E-state index < -0.39 is 0 Å². The fraction of sp³-hybridized carbons (Fsp3) is 0.250. The molecule has 1 atom stereocenters. The summed E-state index contributed by atoms with van der Waals surface area (Å²) in [5, 5.41) is 6.11. The van der Waals surface area contributed by atoms with Crippen LogP contribution in [0.3, 0.4) is 0 Å². The molecule has 2 rings (SSSR count). The van der Waals surface area contributed by atoms with Crippen LogP contribution in [0.5, 0.6) is 0 Å². The zero-order valence-corrected chi connectivity index (χ0v) is 11.3. The number of rotatable bonds is 4. The van der Waals surface area contributed by atoms with Gasteiger partial charge in [-0.05, 0) is 12.1 Å². The molecular formula is C12H12ClN3OS. The Kier molecular flexibility index (Phi) is 4.28. The summed E-state index contributed by atoms with van der Waals surface area (Å²) in [6.07, 6.45) is 3.28. The molecule has 0 aliphatic rings. The Hall–Kier alpha value is -1.46. The smallest absolute Gasteiger partial charge is 0.251 e. The predicted octanol–water partition coefficient (Wildman–Crippen LogP) is 2.73. The van der Waals surface area contributed by atoms with Crippen LogP contribution >= 0.6 is 22.9 Å². The van der Waals surface area contributed by atoms with Crippen LogP contribution < -0.4 is 5.32 Å². The van der Waals surface area contributed by atoms with Crippen LogP contribution in [0.1, 0.15) is 28.2 Å². The van der Waals surface area contributed by atoms with Crippen LogP contribution in [0.15, 0.2) is 29.9 Å². The Morgan fingerprint density at radius 2 is 2.33 bits per heavy atom. The number of nitrogens with zero attached hydrogens (tertiary/aromatic N) is 2. The number of aromatic nitrogens is 2. The fourth-order valence-electron chi connectivity index (χ4n) is 1.46. The van der Waals surface area contributed by atoms with Crippen LogP contribution in [0.2, 0.25) is 5.15 Å². The maximum atomic E-state index is 11.9. The molecule has 0 aliphatic heterocycles. The number of amides is 1. The maximum absolute atomic E-state index is 11.9. The predicted molar refractivity (Wildman–Crippen MR) is 72.1 cm³/mol. The van der Waals surface area contributed by atoms with Crippen LogP contribution in [0, 0.1) is 0 Å². The summed E-state index contributed by atoms with van der Waals surface area (Å²) >= 11 is 7.32. The zero-order chi connectivity index (χ0) is 13.0. The van der Waals surface area contributed by atoms with Gasteiger partial charge in [0.15, 0.2) is 0 Å². The summed E-state index contributed by atoms with van der Waals surface area (Å²) in [5.74, 6) is 0.0500. The molecule has 0 fully saturated rings.